The number of aliphatic hydroxyl groups is 1. The van der Waals surface area contributed by atoms with E-state index in [0.717, 1.165) is 25.3 Å². The van der Waals surface area contributed by atoms with E-state index in [4.69, 9.17) is 11.0 Å². The maximum atomic E-state index is 9.67. The number of nitrogens with zero attached hydrogens (tertiary/aromatic N) is 3. The van der Waals surface area contributed by atoms with Gasteiger partial charge in [-0.2, -0.15) is 5.26 Å². The summed E-state index contributed by atoms with van der Waals surface area (Å²) in [7, 11) is 0. The number of aromatic nitrogens is 1. The molecule has 1 fully saturated rings. The quantitative estimate of drug-likeness (QED) is 0.746. The average molecular weight is 232 g/mol. The fraction of sp³-hybridized carbons (Fsp3) is 0.500. The fourth-order valence-corrected chi connectivity index (χ4v) is 2.07. The topological polar surface area (TPSA) is 86.2 Å². The monoisotopic (exact) mass is 232 g/mol. The van der Waals surface area contributed by atoms with Crippen LogP contribution in [0.3, 0.4) is 0 Å². The van der Waals surface area contributed by atoms with Gasteiger partial charge in [0.25, 0.3) is 0 Å². The van der Waals surface area contributed by atoms with E-state index < -0.39 is 0 Å². The number of piperidine rings is 1. The Morgan fingerprint density at radius 1 is 1.59 bits per heavy atom. The summed E-state index contributed by atoms with van der Waals surface area (Å²) in [6, 6.07) is 5.51. The van der Waals surface area contributed by atoms with E-state index in [1.54, 1.807) is 6.07 Å². The molecule has 5 heteroatoms. The first kappa shape index (κ1) is 11.7. The number of pyridine rings is 1. The van der Waals surface area contributed by atoms with E-state index in [-0.39, 0.29) is 17.7 Å². The minimum atomic E-state index is -0.240. The highest BCUT2D eigenvalue weighted by Crippen LogP contribution is 2.23. The maximum absolute atomic E-state index is 9.67. The Morgan fingerprint density at radius 2 is 2.35 bits per heavy atom. The van der Waals surface area contributed by atoms with Gasteiger partial charge in [-0.15, -0.1) is 0 Å². The number of anilines is 2. The summed E-state index contributed by atoms with van der Waals surface area (Å²) >= 11 is 0. The Balaban J connectivity index is 2.21. The number of nitrogen functional groups attached to an aromatic ring is 1. The van der Waals surface area contributed by atoms with Crippen molar-refractivity contribution in [1.29, 1.82) is 5.26 Å². The van der Waals surface area contributed by atoms with Crippen molar-refractivity contribution >= 4 is 11.5 Å². The van der Waals surface area contributed by atoms with Crippen LogP contribution >= 0.6 is 0 Å². The molecule has 5 nitrogen and oxygen atoms in total. The smallest absolute Gasteiger partial charge is 0.165 e. The number of hydrogen-bond donors (Lipinski definition) is 2. The molecule has 0 radical (unpaired) electrons. The van der Waals surface area contributed by atoms with Crippen molar-refractivity contribution < 1.29 is 5.11 Å². The van der Waals surface area contributed by atoms with Crippen LogP contribution in [0.4, 0.5) is 11.5 Å². The molecule has 2 heterocycles. The van der Waals surface area contributed by atoms with E-state index in [0.29, 0.717) is 5.69 Å². The Morgan fingerprint density at radius 3 is 3.00 bits per heavy atom. The van der Waals surface area contributed by atoms with Gasteiger partial charge in [0, 0.05) is 13.1 Å². The lowest BCUT2D eigenvalue weighted by Crippen LogP contribution is -2.42. The van der Waals surface area contributed by atoms with Gasteiger partial charge in [0.05, 0.1) is 11.8 Å². The van der Waals surface area contributed by atoms with E-state index in [2.05, 4.69) is 9.88 Å². The van der Waals surface area contributed by atoms with Gasteiger partial charge in [0.1, 0.15) is 11.9 Å². The highest BCUT2D eigenvalue weighted by atomic mass is 16.3. The largest absolute Gasteiger partial charge is 0.396 e. The molecule has 0 amide bonds. The molecule has 2 atom stereocenters. The van der Waals surface area contributed by atoms with Crippen molar-refractivity contribution in [3.8, 4) is 6.07 Å². The first-order valence-electron chi connectivity index (χ1n) is 5.71. The van der Waals surface area contributed by atoms with E-state index in [1.807, 2.05) is 19.1 Å². The van der Waals surface area contributed by atoms with Gasteiger partial charge >= 0.3 is 0 Å². The predicted octanol–water partition coefficient (Wildman–Crippen LogP) is 0.743. The number of aliphatic hydroxyl groups excluding tert-OH is 1. The number of hydrogen-bond acceptors (Lipinski definition) is 5. The molecule has 0 aliphatic carbocycles. The zero-order chi connectivity index (χ0) is 12.4. The average Bonchev–Trinajstić information content (AvgIpc) is 2.33. The second kappa shape index (κ2) is 4.60. The van der Waals surface area contributed by atoms with Crippen LogP contribution in [-0.2, 0) is 0 Å². The molecule has 2 unspecified atom stereocenters. The summed E-state index contributed by atoms with van der Waals surface area (Å²) in [6.45, 7) is 3.52. The van der Waals surface area contributed by atoms with Crippen LogP contribution in [0.25, 0.3) is 0 Å². The van der Waals surface area contributed by atoms with Gasteiger partial charge in [0.2, 0.25) is 0 Å². The summed E-state index contributed by atoms with van der Waals surface area (Å²) in [5.41, 5.74) is 6.30. The number of nitriles is 1. The molecule has 0 bridgehead atoms. The molecule has 17 heavy (non-hydrogen) atoms. The highest BCUT2D eigenvalue weighted by molar-refractivity contribution is 5.55. The maximum Gasteiger partial charge on any atom is 0.165 e. The molecule has 1 aromatic rings. The Bertz CT molecular complexity index is 454. The zero-order valence-corrected chi connectivity index (χ0v) is 9.80. The molecule has 90 valence electrons. The van der Waals surface area contributed by atoms with Crippen molar-refractivity contribution in [2.24, 2.45) is 5.92 Å². The van der Waals surface area contributed by atoms with Crippen molar-refractivity contribution in [2.75, 3.05) is 23.7 Å². The molecule has 0 aromatic carbocycles. The van der Waals surface area contributed by atoms with Crippen molar-refractivity contribution in [2.45, 2.75) is 19.4 Å². The van der Waals surface area contributed by atoms with Gasteiger partial charge in [-0.05, 0) is 24.5 Å². The standard InChI is InChI=1S/C12H16N4O/c1-8-7-16(5-4-11(8)17)12-3-2-9(14)10(6-13)15-12/h2-3,8,11,17H,4-5,7,14H2,1H3. The molecular formula is C12H16N4O. The summed E-state index contributed by atoms with van der Waals surface area (Å²) in [5.74, 6) is 0.975. The molecular weight excluding hydrogens is 216 g/mol. The van der Waals surface area contributed by atoms with Crippen LogP contribution in [0.1, 0.15) is 19.0 Å². The third-order valence-electron chi connectivity index (χ3n) is 3.20. The molecule has 0 saturated carbocycles. The molecule has 1 saturated heterocycles. The highest BCUT2D eigenvalue weighted by Gasteiger charge is 2.25. The molecule has 1 aliphatic rings. The fourth-order valence-electron chi connectivity index (χ4n) is 2.07. The van der Waals surface area contributed by atoms with Gasteiger partial charge in [-0.25, -0.2) is 4.98 Å². The molecule has 1 aromatic heterocycles. The van der Waals surface area contributed by atoms with Crippen LogP contribution < -0.4 is 10.6 Å². The zero-order valence-electron chi connectivity index (χ0n) is 9.80. The lowest BCUT2D eigenvalue weighted by Gasteiger charge is -2.35. The van der Waals surface area contributed by atoms with Crippen LogP contribution in [0, 0.1) is 17.2 Å². The summed E-state index contributed by atoms with van der Waals surface area (Å²) in [6.07, 6.45) is 0.491. The van der Waals surface area contributed by atoms with Crippen LogP contribution in [0.2, 0.25) is 0 Å². The molecule has 0 spiro atoms. The Kier molecular flexibility index (Phi) is 3.16. The van der Waals surface area contributed by atoms with Gasteiger partial charge in [-0.3, -0.25) is 0 Å². The Hall–Kier alpha value is -1.80. The van der Waals surface area contributed by atoms with Gasteiger partial charge in [-0.1, -0.05) is 6.92 Å². The second-order valence-corrected chi connectivity index (χ2v) is 4.50. The normalized spacial score (nSPS) is 24.4. The summed E-state index contributed by atoms with van der Waals surface area (Å²) in [4.78, 5) is 6.31. The minimum absolute atomic E-state index is 0.216. The lowest BCUT2D eigenvalue weighted by molar-refractivity contribution is 0.0969. The third kappa shape index (κ3) is 2.32. The third-order valence-corrected chi connectivity index (χ3v) is 3.20. The van der Waals surface area contributed by atoms with Crippen LogP contribution in [0.5, 0.6) is 0 Å². The minimum Gasteiger partial charge on any atom is -0.396 e. The first-order valence-corrected chi connectivity index (χ1v) is 5.71. The van der Waals surface area contributed by atoms with E-state index in [1.165, 1.54) is 0 Å². The Labute approximate surface area is 100 Å². The van der Waals surface area contributed by atoms with Gasteiger partial charge < -0.3 is 15.7 Å². The van der Waals surface area contributed by atoms with Crippen molar-refractivity contribution in [1.82, 2.24) is 4.98 Å². The predicted molar refractivity (Wildman–Crippen MR) is 65.4 cm³/mol. The SMILES string of the molecule is CC1CN(c2ccc(N)c(C#N)n2)CCC1O. The van der Waals surface area contributed by atoms with E-state index in [9.17, 15) is 5.11 Å². The lowest BCUT2D eigenvalue weighted by atomic mass is 9.97. The number of rotatable bonds is 1. The van der Waals surface area contributed by atoms with Gasteiger partial charge in [0.15, 0.2) is 5.69 Å². The van der Waals surface area contributed by atoms with Crippen LogP contribution in [0.15, 0.2) is 12.1 Å². The summed E-state index contributed by atoms with van der Waals surface area (Å²) < 4.78 is 0. The van der Waals surface area contributed by atoms with E-state index >= 15 is 0 Å². The van der Waals surface area contributed by atoms with Crippen LogP contribution in [-0.4, -0.2) is 29.3 Å². The summed E-state index contributed by atoms with van der Waals surface area (Å²) in [5, 5.41) is 18.6. The first-order chi connectivity index (χ1) is 8.11. The number of nitrogens with two attached hydrogens (primary N) is 1. The molecule has 3 N–H and O–H groups in total. The molecule has 1 aliphatic heterocycles. The second-order valence-electron chi connectivity index (χ2n) is 4.50. The molecule has 2 rings (SSSR count). The van der Waals surface area contributed by atoms with Crippen molar-refractivity contribution in [3.05, 3.63) is 17.8 Å². The van der Waals surface area contributed by atoms with Crippen molar-refractivity contribution in [3.63, 3.8) is 0 Å².